The second-order valence-electron chi connectivity index (χ2n) is 4.70. The SMILES string of the molecule is Cc1ccc(C)c(C(C#N)Nc2ccc(Cl)c(Br)c2)c1. The van der Waals surface area contributed by atoms with E-state index in [4.69, 9.17) is 11.6 Å². The third-order valence-electron chi connectivity index (χ3n) is 3.11. The third kappa shape index (κ3) is 3.33. The van der Waals surface area contributed by atoms with Gasteiger partial charge in [0.05, 0.1) is 11.1 Å². The zero-order valence-electron chi connectivity index (χ0n) is 11.2. The molecule has 0 fully saturated rings. The molecule has 0 aliphatic rings. The number of nitriles is 1. The van der Waals surface area contributed by atoms with E-state index in [0.29, 0.717) is 5.02 Å². The summed E-state index contributed by atoms with van der Waals surface area (Å²) in [6.45, 7) is 4.04. The molecule has 0 spiro atoms. The Morgan fingerprint density at radius 3 is 2.60 bits per heavy atom. The molecule has 4 heteroatoms. The van der Waals surface area contributed by atoms with Crippen molar-refractivity contribution in [2.24, 2.45) is 0 Å². The summed E-state index contributed by atoms with van der Waals surface area (Å²) in [5, 5.41) is 13.3. The Labute approximate surface area is 132 Å². The summed E-state index contributed by atoms with van der Waals surface area (Å²) in [4.78, 5) is 0. The first-order valence-corrected chi connectivity index (χ1v) is 7.36. The van der Waals surface area contributed by atoms with Gasteiger partial charge in [-0.25, -0.2) is 0 Å². The first-order valence-electron chi connectivity index (χ1n) is 6.19. The summed E-state index contributed by atoms with van der Waals surface area (Å²) < 4.78 is 0.807. The van der Waals surface area contributed by atoms with Crippen LogP contribution in [0.2, 0.25) is 5.02 Å². The quantitative estimate of drug-likeness (QED) is 0.805. The van der Waals surface area contributed by atoms with Crippen molar-refractivity contribution in [2.75, 3.05) is 5.32 Å². The summed E-state index contributed by atoms with van der Waals surface area (Å²) in [6.07, 6.45) is 0. The van der Waals surface area contributed by atoms with Gasteiger partial charge in [-0.2, -0.15) is 5.26 Å². The van der Waals surface area contributed by atoms with E-state index in [1.807, 2.05) is 44.2 Å². The Balaban J connectivity index is 2.31. The maximum atomic E-state index is 9.43. The normalized spacial score (nSPS) is 11.8. The highest BCUT2D eigenvalue weighted by molar-refractivity contribution is 9.10. The van der Waals surface area contributed by atoms with Gasteiger partial charge in [0, 0.05) is 10.2 Å². The van der Waals surface area contributed by atoms with Crippen molar-refractivity contribution in [3.05, 3.63) is 62.6 Å². The van der Waals surface area contributed by atoms with Crippen molar-refractivity contribution in [3.8, 4) is 6.07 Å². The Morgan fingerprint density at radius 2 is 1.95 bits per heavy atom. The Morgan fingerprint density at radius 1 is 1.20 bits per heavy atom. The van der Waals surface area contributed by atoms with Crippen LogP contribution in [-0.2, 0) is 0 Å². The number of aryl methyl sites for hydroxylation is 2. The van der Waals surface area contributed by atoms with Crippen molar-refractivity contribution in [3.63, 3.8) is 0 Å². The second kappa shape index (κ2) is 6.30. The summed E-state index contributed by atoms with van der Waals surface area (Å²) in [7, 11) is 0. The number of nitrogens with zero attached hydrogens (tertiary/aromatic N) is 1. The lowest BCUT2D eigenvalue weighted by atomic mass is 9.99. The molecule has 0 amide bonds. The molecule has 102 valence electrons. The molecule has 1 unspecified atom stereocenters. The number of hydrogen-bond donors (Lipinski definition) is 1. The zero-order chi connectivity index (χ0) is 14.7. The molecule has 0 saturated heterocycles. The maximum absolute atomic E-state index is 9.43. The fourth-order valence-corrected chi connectivity index (χ4v) is 2.50. The van der Waals surface area contributed by atoms with E-state index in [2.05, 4.69) is 27.3 Å². The summed E-state index contributed by atoms with van der Waals surface area (Å²) in [6, 6.07) is 13.6. The molecule has 2 rings (SSSR count). The molecule has 0 heterocycles. The molecule has 2 nitrogen and oxygen atoms in total. The molecule has 0 radical (unpaired) electrons. The van der Waals surface area contributed by atoms with Crippen molar-refractivity contribution >= 4 is 33.2 Å². The average molecular weight is 350 g/mol. The summed E-state index contributed by atoms with van der Waals surface area (Å²) in [5.41, 5.74) is 4.10. The van der Waals surface area contributed by atoms with Gasteiger partial charge in [0.1, 0.15) is 6.04 Å². The van der Waals surface area contributed by atoms with E-state index in [1.54, 1.807) is 6.07 Å². The maximum Gasteiger partial charge on any atom is 0.140 e. The highest BCUT2D eigenvalue weighted by atomic mass is 79.9. The van der Waals surface area contributed by atoms with Crippen LogP contribution in [0.5, 0.6) is 0 Å². The lowest BCUT2D eigenvalue weighted by Crippen LogP contribution is -2.10. The molecule has 0 aliphatic carbocycles. The predicted octanol–water partition coefficient (Wildman–Crippen LogP) is 5.40. The van der Waals surface area contributed by atoms with Gasteiger partial charge in [-0.15, -0.1) is 0 Å². The predicted molar refractivity (Wildman–Crippen MR) is 87.0 cm³/mol. The van der Waals surface area contributed by atoms with Gasteiger partial charge in [0.2, 0.25) is 0 Å². The zero-order valence-corrected chi connectivity index (χ0v) is 13.6. The Bertz CT molecular complexity index is 677. The Hall–Kier alpha value is -1.50. The smallest absolute Gasteiger partial charge is 0.140 e. The summed E-state index contributed by atoms with van der Waals surface area (Å²) in [5.74, 6) is 0. The van der Waals surface area contributed by atoms with E-state index < -0.39 is 0 Å². The van der Waals surface area contributed by atoms with Crippen molar-refractivity contribution in [1.29, 1.82) is 5.26 Å². The van der Waals surface area contributed by atoms with E-state index in [9.17, 15) is 5.26 Å². The number of nitrogens with one attached hydrogen (secondary N) is 1. The van der Waals surface area contributed by atoms with Crippen molar-refractivity contribution < 1.29 is 0 Å². The van der Waals surface area contributed by atoms with Crippen LogP contribution in [0.4, 0.5) is 5.69 Å². The number of hydrogen-bond acceptors (Lipinski definition) is 2. The van der Waals surface area contributed by atoms with Crippen LogP contribution < -0.4 is 5.32 Å². The minimum absolute atomic E-state index is 0.386. The Kier molecular flexibility index (Phi) is 4.69. The van der Waals surface area contributed by atoms with Crippen LogP contribution in [0.25, 0.3) is 0 Å². The molecule has 1 N–H and O–H groups in total. The molecule has 0 bridgehead atoms. The van der Waals surface area contributed by atoms with Crippen molar-refractivity contribution in [2.45, 2.75) is 19.9 Å². The van der Waals surface area contributed by atoms with E-state index in [1.165, 1.54) is 0 Å². The van der Waals surface area contributed by atoms with Gasteiger partial charge in [-0.1, -0.05) is 35.4 Å². The van der Waals surface area contributed by atoms with E-state index in [-0.39, 0.29) is 6.04 Å². The highest BCUT2D eigenvalue weighted by Crippen LogP contribution is 2.28. The van der Waals surface area contributed by atoms with E-state index >= 15 is 0 Å². The minimum atomic E-state index is -0.386. The van der Waals surface area contributed by atoms with Gasteiger partial charge >= 0.3 is 0 Å². The molecule has 0 saturated carbocycles. The lowest BCUT2D eigenvalue weighted by molar-refractivity contribution is 0.978. The third-order valence-corrected chi connectivity index (χ3v) is 4.32. The molecule has 0 aromatic heterocycles. The van der Waals surface area contributed by atoms with Crippen LogP contribution >= 0.6 is 27.5 Å². The average Bonchev–Trinajstić information content (AvgIpc) is 2.43. The monoisotopic (exact) mass is 348 g/mol. The van der Waals surface area contributed by atoms with Gasteiger partial charge in [-0.05, 0) is 59.1 Å². The number of benzene rings is 2. The largest absolute Gasteiger partial charge is 0.366 e. The van der Waals surface area contributed by atoms with Gasteiger partial charge in [0.25, 0.3) is 0 Å². The van der Waals surface area contributed by atoms with E-state index in [0.717, 1.165) is 26.9 Å². The fourth-order valence-electron chi connectivity index (χ4n) is 2.00. The molecule has 2 aromatic rings. The van der Waals surface area contributed by atoms with Crippen molar-refractivity contribution in [1.82, 2.24) is 0 Å². The van der Waals surface area contributed by atoms with Crippen LogP contribution in [0.15, 0.2) is 40.9 Å². The molecule has 0 aliphatic heterocycles. The molecular weight excluding hydrogens is 336 g/mol. The van der Waals surface area contributed by atoms with Gasteiger partial charge < -0.3 is 5.32 Å². The van der Waals surface area contributed by atoms with Gasteiger partial charge in [-0.3, -0.25) is 0 Å². The standard InChI is InChI=1S/C16H14BrClN2/c1-10-3-4-11(2)13(7-10)16(9-19)20-12-5-6-15(18)14(17)8-12/h3-8,16,20H,1-2H3. The van der Waals surface area contributed by atoms with Crippen LogP contribution in [-0.4, -0.2) is 0 Å². The summed E-state index contributed by atoms with van der Waals surface area (Å²) >= 11 is 9.36. The molecule has 20 heavy (non-hydrogen) atoms. The molecule has 1 atom stereocenters. The topological polar surface area (TPSA) is 35.8 Å². The molecular formula is C16H14BrClN2. The van der Waals surface area contributed by atoms with Crippen LogP contribution in [0.3, 0.4) is 0 Å². The molecule has 2 aromatic carbocycles. The number of anilines is 1. The first kappa shape index (κ1) is 14.9. The minimum Gasteiger partial charge on any atom is -0.366 e. The van der Waals surface area contributed by atoms with Crippen LogP contribution in [0.1, 0.15) is 22.7 Å². The fraction of sp³-hybridized carbons (Fsp3) is 0.188. The number of rotatable bonds is 3. The highest BCUT2D eigenvalue weighted by Gasteiger charge is 2.13. The lowest BCUT2D eigenvalue weighted by Gasteiger charge is -2.16. The van der Waals surface area contributed by atoms with Crippen LogP contribution in [0, 0.1) is 25.2 Å². The first-order chi connectivity index (χ1) is 9.51. The number of halogens is 2. The second-order valence-corrected chi connectivity index (χ2v) is 5.96. The van der Waals surface area contributed by atoms with Gasteiger partial charge in [0.15, 0.2) is 0 Å².